The molecular formula is C24H27N3O2. The van der Waals surface area contributed by atoms with Crippen LogP contribution in [0.3, 0.4) is 0 Å². The molecule has 150 valence electrons. The molecule has 0 aliphatic heterocycles. The van der Waals surface area contributed by atoms with E-state index in [1.54, 1.807) is 4.90 Å². The standard InChI is InChI=1S/C24H27N3O2/c1-3-25-23(28)19-12-13-20(14-19)27(2)24(29)17-10-8-16(9-11-17)22-15-18-6-4-5-7-21(18)26-22/h4-11,15,19-20,26H,3,12-14H2,1-2H3,(H,25,28). The summed E-state index contributed by atoms with van der Waals surface area (Å²) in [6.45, 7) is 2.58. The number of aromatic nitrogens is 1. The Morgan fingerprint density at radius 3 is 2.59 bits per heavy atom. The van der Waals surface area contributed by atoms with Gasteiger partial charge in [-0.15, -0.1) is 0 Å². The van der Waals surface area contributed by atoms with Gasteiger partial charge < -0.3 is 15.2 Å². The van der Waals surface area contributed by atoms with Crippen LogP contribution in [-0.4, -0.2) is 41.3 Å². The summed E-state index contributed by atoms with van der Waals surface area (Å²) < 4.78 is 0. The van der Waals surface area contributed by atoms with Crippen molar-refractivity contribution in [1.82, 2.24) is 15.2 Å². The van der Waals surface area contributed by atoms with E-state index in [1.807, 2.05) is 50.4 Å². The molecule has 4 rings (SSSR count). The summed E-state index contributed by atoms with van der Waals surface area (Å²) in [5.41, 5.74) is 3.87. The number of rotatable bonds is 5. The molecule has 1 fully saturated rings. The van der Waals surface area contributed by atoms with Gasteiger partial charge in [-0.25, -0.2) is 0 Å². The molecule has 2 atom stereocenters. The highest BCUT2D eigenvalue weighted by Crippen LogP contribution is 2.30. The van der Waals surface area contributed by atoms with Gasteiger partial charge >= 0.3 is 0 Å². The van der Waals surface area contributed by atoms with Crippen molar-refractivity contribution in [1.29, 1.82) is 0 Å². The minimum absolute atomic E-state index is 0.00902. The summed E-state index contributed by atoms with van der Waals surface area (Å²) in [5, 5.41) is 4.07. The average molecular weight is 389 g/mol. The van der Waals surface area contributed by atoms with Gasteiger partial charge in [-0.1, -0.05) is 30.3 Å². The molecule has 29 heavy (non-hydrogen) atoms. The molecule has 1 aromatic heterocycles. The van der Waals surface area contributed by atoms with E-state index in [-0.39, 0.29) is 23.8 Å². The molecule has 0 radical (unpaired) electrons. The van der Waals surface area contributed by atoms with Crippen LogP contribution >= 0.6 is 0 Å². The second-order valence-corrected chi connectivity index (χ2v) is 7.82. The summed E-state index contributed by atoms with van der Waals surface area (Å²) in [6, 6.07) is 18.2. The molecule has 5 heteroatoms. The van der Waals surface area contributed by atoms with Gasteiger partial charge in [-0.05, 0) is 56.0 Å². The highest BCUT2D eigenvalue weighted by Gasteiger charge is 2.33. The van der Waals surface area contributed by atoms with Crippen molar-refractivity contribution < 1.29 is 9.59 Å². The van der Waals surface area contributed by atoms with Crippen LogP contribution in [0, 0.1) is 5.92 Å². The fourth-order valence-electron chi connectivity index (χ4n) is 4.26. The predicted molar refractivity (Wildman–Crippen MR) is 116 cm³/mol. The summed E-state index contributed by atoms with van der Waals surface area (Å²) in [5.74, 6) is 0.132. The Kier molecular flexibility index (Phi) is 5.38. The molecule has 2 N–H and O–H groups in total. The first-order valence-electron chi connectivity index (χ1n) is 10.3. The highest BCUT2D eigenvalue weighted by atomic mass is 16.2. The van der Waals surface area contributed by atoms with Crippen molar-refractivity contribution in [2.75, 3.05) is 13.6 Å². The van der Waals surface area contributed by atoms with Crippen LogP contribution < -0.4 is 5.32 Å². The van der Waals surface area contributed by atoms with E-state index in [0.717, 1.165) is 36.0 Å². The van der Waals surface area contributed by atoms with Crippen molar-refractivity contribution in [2.45, 2.75) is 32.2 Å². The molecule has 0 bridgehead atoms. The number of hydrogen-bond acceptors (Lipinski definition) is 2. The first-order chi connectivity index (χ1) is 14.1. The van der Waals surface area contributed by atoms with Crippen molar-refractivity contribution in [3.63, 3.8) is 0 Å². The number of para-hydroxylation sites is 1. The topological polar surface area (TPSA) is 65.2 Å². The number of amides is 2. The van der Waals surface area contributed by atoms with Gasteiger partial charge in [0, 0.05) is 47.7 Å². The van der Waals surface area contributed by atoms with Crippen LogP contribution in [0.5, 0.6) is 0 Å². The maximum atomic E-state index is 12.9. The lowest BCUT2D eigenvalue weighted by Crippen LogP contribution is -2.36. The summed E-state index contributed by atoms with van der Waals surface area (Å²) in [4.78, 5) is 30.2. The molecule has 0 spiro atoms. The van der Waals surface area contributed by atoms with Gasteiger partial charge in [-0.3, -0.25) is 9.59 Å². The highest BCUT2D eigenvalue weighted by molar-refractivity contribution is 5.95. The first-order valence-corrected chi connectivity index (χ1v) is 10.3. The van der Waals surface area contributed by atoms with E-state index in [2.05, 4.69) is 28.5 Å². The maximum Gasteiger partial charge on any atom is 0.253 e. The second kappa shape index (κ2) is 8.11. The number of aromatic amines is 1. The number of fused-ring (bicyclic) bond motifs is 1. The second-order valence-electron chi connectivity index (χ2n) is 7.82. The number of hydrogen-bond donors (Lipinski definition) is 2. The molecule has 2 unspecified atom stereocenters. The summed E-state index contributed by atoms with van der Waals surface area (Å²) in [6.07, 6.45) is 2.45. The van der Waals surface area contributed by atoms with Crippen LogP contribution in [-0.2, 0) is 4.79 Å². The predicted octanol–water partition coefficient (Wildman–Crippen LogP) is 4.21. The molecule has 1 heterocycles. The fourth-order valence-corrected chi connectivity index (χ4v) is 4.26. The van der Waals surface area contributed by atoms with Gasteiger partial charge in [-0.2, -0.15) is 0 Å². The van der Waals surface area contributed by atoms with E-state index in [9.17, 15) is 9.59 Å². The number of nitrogens with one attached hydrogen (secondary N) is 2. The Morgan fingerprint density at radius 1 is 1.10 bits per heavy atom. The van der Waals surface area contributed by atoms with Crippen molar-refractivity contribution in [3.8, 4) is 11.3 Å². The van der Waals surface area contributed by atoms with Gasteiger partial charge in [0.05, 0.1) is 0 Å². The molecular weight excluding hydrogens is 362 g/mol. The van der Waals surface area contributed by atoms with Crippen LogP contribution in [0.2, 0.25) is 0 Å². The quantitative estimate of drug-likeness (QED) is 0.686. The average Bonchev–Trinajstić information content (AvgIpc) is 3.40. The Labute approximate surface area is 171 Å². The van der Waals surface area contributed by atoms with Crippen LogP contribution in [0.15, 0.2) is 54.6 Å². The van der Waals surface area contributed by atoms with E-state index in [0.29, 0.717) is 12.1 Å². The lowest BCUT2D eigenvalue weighted by molar-refractivity contribution is -0.124. The summed E-state index contributed by atoms with van der Waals surface area (Å²) in [7, 11) is 1.85. The molecule has 1 aliphatic rings. The molecule has 5 nitrogen and oxygen atoms in total. The normalized spacial score (nSPS) is 18.7. The zero-order valence-electron chi connectivity index (χ0n) is 16.9. The number of nitrogens with zero attached hydrogens (tertiary/aromatic N) is 1. The summed E-state index contributed by atoms with van der Waals surface area (Å²) >= 11 is 0. The van der Waals surface area contributed by atoms with Crippen LogP contribution in [0.25, 0.3) is 22.2 Å². The Hall–Kier alpha value is -3.08. The molecule has 2 aromatic carbocycles. The number of H-pyrrole nitrogens is 1. The maximum absolute atomic E-state index is 12.9. The third-order valence-corrected chi connectivity index (χ3v) is 5.97. The number of carbonyl (C=O) groups is 2. The van der Waals surface area contributed by atoms with Gasteiger partial charge in [0.2, 0.25) is 5.91 Å². The van der Waals surface area contributed by atoms with Gasteiger partial charge in [0.1, 0.15) is 0 Å². The lowest BCUT2D eigenvalue weighted by atomic mass is 10.1. The zero-order chi connectivity index (χ0) is 20.4. The third kappa shape index (κ3) is 3.90. The van der Waals surface area contributed by atoms with E-state index in [1.165, 1.54) is 5.39 Å². The number of benzene rings is 2. The number of carbonyl (C=O) groups excluding carboxylic acids is 2. The van der Waals surface area contributed by atoms with Crippen molar-refractivity contribution in [3.05, 3.63) is 60.2 Å². The zero-order valence-corrected chi connectivity index (χ0v) is 16.9. The van der Waals surface area contributed by atoms with Crippen LogP contribution in [0.4, 0.5) is 0 Å². The van der Waals surface area contributed by atoms with Crippen LogP contribution in [0.1, 0.15) is 36.5 Å². The van der Waals surface area contributed by atoms with Crippen molar-refractivity contribution >= 4 is 22.7 Å². The minimum Gasteiger partial charge on any atom is -0.356 e. The lowest BCUT2D eigenvalue weighted by Gasteiger charge is -2.25. The fraction of sp³-hybridized carbons (Fsp3) is 0.333. The van der Waals surface area contributed by atoms with E-state index < -0.39 is 0 Å². The largest absolute Gasteiger partial charge is 0.356 e. The molecule has 3 aromatic rings. The minimum atomic E-state index is 0.00902. The molecule has 2 amide bonds. The van der Waals surface area contributed by atoms with Gasteiger partial charge in [0.15, 0.2) is 0 Å². The smallest absolute Gasteiger partial charge is 0.253 e. The molecule has 1 aliphatic carbocycles. The van der Waals surface area contributed by atoms with Gasteiger partial charge in [0.25, 0.3) is 5.91 Å². The first kappa shape index (κ1) is 19.2. The molecule has 1 saturated carbocycles. The van der Waals surface area contributed by atoms with E-state index >= 15 is 0 Å². The Balaban J connectivity index is 1.44. The SMILES string of the molecule is CCNC(=O)C1CCC(N(C)C(=O)c2ccc(-c3cc4ccccc4[nH]3)cc2)C1. The Morgan fingerprint density at radius 2 is 1.86 bits per heavy atom. The Bertz CT molecular complexity index is 989. The van der Waals surface area contributed by atoms with Crippen molar-refractivity contribution in [2.24, 2.45) is 5.92 Å². The molecule has 0 saturated heterocycles. The monoisotopic (exact) mass is 389 g/mol. The third-order valence-electron chi connectivity index (χ3n) is 5.97. The van der Waals surface area contributed by atoms with E-state index in [4.69, 9.17) is 0 Å².